The van der Waals surface area contributed by atoms with Crippen molar-refractivity contribution in [3.63, 3.8) is 0 Å². The molecule has 3 aromatic rings. The van der Waals surface area contributed by atoms with Crippen molar-refractivity contribution in [2.24, 2.45) is 17.8 Å². The number of amides is 1. The summed E-state index contributed by atoms with van der Waals surface area (Å²) in [4.78, 5) is 25.6. The molecule has 0 radical (unpaired) electrons. The van der Waals surface area contributed by atoms with Crippen LogP contribution < -0.4 is 5.32 Å². The summed E-state index contributed by atoms with van der Waals surface area (Å²) in [5.74, 6) is 2.03. The number of hydrogen-bond donors (Lipinski definition) is 1. The number of nitrogens with one attached hydrogen (secondary N) is 1. The van der Waals surface area contributed by atoms with E-state index in [9.17, 15) is 4.79 Å². The van der Waals surface area contributed by atoms with E-state index in [1.54, 1.807) is 18.5 Å². The minimum atomic E-state index is -0.218. The lowest BCUT2D eigenvalue weighted by Gasteiger charge is -2.17. The minimum absolute atomic E-state index is 0.0715. The van der Waals surface area contributed by atoms with Crippen LogP contribution in [0.1, 0.15) is 43.3 Å². The van der Waals surface area contributed by atoms with Gasteiger partial charge in [-0.15, -0.1) is 0 Å². The third-order valence-electron chi connectivity index (χ3n) is 6.18. The molecule has 1 amide bonds. The van der Waals surface area contributed by atoms with Crippen molar-refractivity contribution in [3.8, 4) is 0 Å². The summed E-state index contributed by atoms with van der Waals surface area (Å²) in [6.07, 6.45) is 5.64. The Bertz CT molecular complexity index is 1000. The van der Waals surface area contributed by atoms with E-state index in [1.165, 1.54) is 12.7 Å². The zero-order chi connectivity index (χ0) is 19.3. The SMILES string of the molecule is C[C@@H]1C[C@@H](C)[C@H]2O[C@H](n3cnc4c(NC(=O)c5ccccc5)ncnc43)C[C@H]21. The summed E-state index contributed by atoms with van der Waals surface area (Å²) < 4.78 is 8.37. The fourth-order valence-electron chi connectivity index (χ4n) is 4.81. The highest BCUT2D eigenvalue weighted by Crippen LogP contribution is 2.49. The molecule has 1 aliphatic carbocycles. The van der Waals surface area contributed by atoms with Crippen molar-refractivity contribution < 1.29 is 9.53 Å². The van der Waals surface area contributed by atoms with E-state index in [0.29, 0.717) is 46.4 Å². The Morgan fingerprint density at radius 2 is 1.93 bits per heavy atom. The maximum Gasteiger partial charge on any atom is 0.256 e. The lowest BCUT2D eigenvalue weighted by molar-refractivity contribution is -0.0176. The van der Waals surface area contributed by atoms with Gasteiger partial charge in [0.25, 0.3) is 5.91 Å². The second kappa shape index (κ2) is 6.67. The second-order valence-electron chi connectivity index (χ2n) is 8.01. The van der Waals surface area contributed by atoms with Gasteiger partial charge in [-0.05, 0) is 42.7 Å². The zero-order valence-corrected chi connectivity index (χ0v) is 15.9. The Labute approximate surface area is 163 Å². The fourth-order valence-corrected chi connectivity index (χ4v) is 4.81. The van der Waals surface area contributed by atoms with Gasteiger partial charge in [0.05, 0.1) is 12.4 Å². The van der Waals surface area contributed by atoms with Crippen LogP contribution in [0.2, 0.25) is 0 Å². The smallest absolute Gasteiger partial charge is 0.256 e. The van der Waals surface area contributed by atoms with Crippen LogP contribution in [0.4, 0.5) is 5.82 Å². The van der Waals surface area contributed by atoms with Gasteiger partial charge in [0.2, 0.25) is 0 Å². The van der Waals surface area contributed by atoms with E-state index in [4.69, 9.17) is 4.74 Å². The van der Waals surface area contributed by atoms with E-state index >= 15 is 0 Å². The molecule has 2 aliphatic rings. The number of rotatable bonds is 3. The van der Waals surface area contributed by atoms with E-state index in [2.05, 4.69) is 34.1 Å². The van der Waals surface area contributed by atoms with Crippen LogP contribution in [0.15, 0.2) is 43.0 Å². The molecular formula is C21H23N5O2. The predicted molar refractivity (Wildman–Crippen MR) is 105 cm³/mol. The lowest BCUT2D eigenvalue weighted by atomic mass is 9.94. The summed E-state index contributed by atoms with van der Waals surface area (Å²) in [6.45, 7) is 4.59. The third kappa shape index (κ3) is 2.77. The van der Waals surface area contributed by atoms with Gasteiger partial charge in [-0.2, -0.15) is 0 Å². The zero-order valence-electron chi connectivity index (χ0n) is 15.9. The normalized spacial score (nSPS) is 29.1. The molecule has 5 atom stereocenters. The standard InChI is InChI=1S/C21H23N5O2/c1-12-8-13(2)18-15(12)9-16(28-18)26-11-24-17-19(22-10-23-20(17)26)25-21(27)14-6-4-3-5-7-14/h3-7,10-13,15-16,18H,8-9H2,1-2H3,(H,22,23,25,27)/t12-,13-,15+,16+,18-/m1/s1. The maximum absolute atomic E-state index is 12.5. The fraction of sp³-hybridized carbons (Fsp3) is 0.429. The summed E-state index contributed by atoms with van der Waals surface area (Å²) in [5.41, 5.74) is 1.83. The van der Waals surface area contributed by atoms with Gasteiger partial charge >= 0.3 is 0 Å². The molecule has 1 N–H and O–H groups in total. The monoisotopic (exact) mass is 377 g/mol. The van der Waals surface area contributed by atoms with E-state index in [1.807, 2.05) is 22.8 Å². The molecule has 1 saturated carbocycles. The van der Waals surface area contributed by atoms with Crippen LogP contribution in [0.25, 0.3) is 11.2 Å². The highest BCUT2D eigenvalue weighted by Gasteiger charge is 2.47. The molecule has 28 heavy (non-hydrogen) atoms. The number of nitrogens with zero attached hydrogens (tertiary/aromatic N) is 4. The summed E-state index contributed by atoms with van der Waals surface area (Å²) >= 11 is 0. The van der Waals surface area contributed by atoms with E-state index in [-0.39, 0.29) is 12.1 Å². The molecule has 7 heteroatoms. The molecule has 0 spiro atoms. The first-order valence-electron chi connectivity index (χ1n) is 9.81. The van der Waals surface area contributed by atoms with Gasteiger partial charge < -0.3 is 10.1 Å². The summed E-state index contributed by atoms with van der Waals surface area (Å²) in [6, 6.07) is 9.06. The van der Waals surface area contributed by atoms with E-state index in [0.717, 1.165) is 6.42 Å². The molecule has 0 bridgehead atoms. The molecule has 1 aromatic carbocycles. The maximum atomic E-state index is 12.5. The number of fused-ring (bicyclic) bond motifs is 2. The van der Waals surface area contributed by atoms with Crippen LogP contribution in [0, 0.1) is 17.8 Å². The molecule has 1 aliphatic heterocycles. The Morgan fingerprint density at radius 3 is 2.71 bits per heavy atom. The number of anilines is 1. The Hall–Kier alpha value is -2.80. The van der Waals surface area contributed by atoms with Crippen molar-refractivity contribution in [3.05, 3.63) is 48.5 Å². The lowest BCUT2D eigenvalue weighted by Crippen LogP contribution is -2.17. The predicted octanol–water partition coefficient (Wildman–Crippen LogP) is 3.66. The number of ether oxygens (including phenoxy) is 1. The molecule has 2 fully saturated rings. The van der Waals surface area contributed by atoms with Crippen molar-refractivity contribution in [2.75, 3.05) is 5.32 Å². The number of carbonyl (C=O) groups is 1. The van der Waals surface area contributed by atoms with Crippen LogP contribution in [-0.2, 0) is 4.74 Å². The largest absolute Gasteiger partial charge is 0.354 e. The number of imidazole rings is 1. The average molecular weight is 377 g/mol. The molecule has 2 aromatic heterocycles. The van der Waals surface area contributed by atoms with Crippen molar-refractivity contribution >= 4 is 22.9 Å². The van der Waals surface area contributed by atoms with Crippen LogP contribution in [0.5, 0.6) is 0 Å². The van der Waals surface area contributed by atoms with Gasteiger partial charge in [0, 0.05) is 5.56 Å². The second-order valence-corrected chi connectivity index (χ2v) is 8.01. The molecule has 7 nitrogen and oxygen atoms in total. The summed E-state index contributed by atoms with van der Waals surface area (Å²) in [5, 5.41) is 2.85. The first kappa shape index (κ1) is 17.3. The van der Waals surface area contributed by atoms with Gasteiger partial charge in [-0.3, -0.25) is 9.36 Å². The topological polar surface area (TPSA) is 81.9 Å². The Kier molecular flexibility index (Phi) is 4.12. The van der Waals surface area contributed by atoms with Crippen LogP contribution >= 0.6 is 0 Å². The number of carbonyl (C=O) groups excluding carboxylic acids is 1. The first-order valence-corrected chi connectivity index (χ1v) is 9.81. The number of aromatic nitrogens is 4. The van der Waals surface area contributed by atoms with E-state index < -0.39 is 0 Å². The minimum Gasteiger partial charge on any atom is -0.354 e. The Balaban J connectivity index is 1.43. The summed E-state index contributed by atoms with van der Waals surface area (Å²) in [7, 11) is 0. The van der Waals surface area contributed by atoms with Crippen LogP contribution in [-0.4, -0.2) is 31.5 Å². The molecule has 3 heterocycles. The molecule has 0 unspecified atom stereocenters. The van der Waals surface area contributed by atoms with Crippen molar-refractivity contribution in [2.45, 2.75) is 39.0 Å². The molecule has 1 saturated heterocycles. The molecular weight excluding hydrogens is 354 g/mol. The van der Waals surface area contributed by atoms with Crippen molar-refractivity contribution in [1.29, 1.82) is 0 Å². The quantitative estimate of drug-likeness (QED) is 0.753. The highest BCUT2D eigenvalue weighted by atomic mass is 16.5. The van der Waals surface area contributed by atoms with Gasteiger partial charge in [-0.1, -0.05) is 32.0 Å². The van der Waals surface area contributed by atoms with Gasteiger partial charge in [-0.25, -0.2) is 15.0 Å². The van der Waals surface area contributed by atoms with Gasteiger partial charge in [0.15, 0.2) is 17.0 Å². The number of hydrogen-bond acceptors (Lipinski definition) is 5. The first-order chi connectivity index (χ1) is 13.6. The van der Waals surface area contributed by atoms with Crippen LogP contribution in [0.3, 0.4) is 0 Å². The Morgan fingerprint density at radius 1 is 1.11 bits per heavy atom. The molecule has 5 rings (SSSR count). The highest BCUT2D eigenvalue weighted by molar-refractivity contribution is 6.06. The van der Waals surface area contributed by atoms with Crippen molar-refractivity contribution in [1.82, 2.24) is 19.5 Å². The third-order valence-corrected chi connectivity index (χ3v) is 6.18. The number of benzene rings is 1. The molecule has 144 valence electrons. The average Bonchev–Trinajstić information content (AvgIpc) is 3.39. The van der Waals surface area contributed by atoms with Gasteiger partial charge in [0.1, 0.15) is 12.6 Å².